The van der Waals surface area contributed by atoms with Gasteiger partial charge in [0.25, 0.3) is 0 Å². The average molecular weight is 461 g/mol. The number of nitrogens with two attached hydrogens (primary N) is 1. The molecule has 2 aromatic carbocycles. The number of carbonyl (C=O) groups is 1. The molecule has 1 aromatic heterocycles. The number of Topliss-reactive ketones (excluding diaryl/α,β-unsaturated/α-hetero) is 1. The highest BCUT2D eigenvalue weighted by atomic mass is 35.5. The van der Waals surface area contributed by atoms with Gasteiger partial charge in [0.2, 0.25) is 0 Å². The Bertz CT molecular complexity index is 793. The molecule has 0 atom stereocenters. The third-order valence-electron chi connectivity index (χ3n) is 4.14. The highest BCUT2D eigenvalue weighted by Gasteiger charge is 1.97. The van der Waals surface area contributed by atoms with Crippen molar-refractivity contribution in [2.24, 2.45) is 0 Å². The summed E-state index contributed by atoms with van der Waals surface area (Å²) >= 11 is 7.21. The number of aromatic nitrogens is 1. The van der Waals surface area contributed by atoms with Crippen LogP contribution < -0.4 is 5.73 Å². The van der Waals surface area contributed by atoms with Gasteiger partial charge in [-0.25, -0.2) is 4.98 Å². The van der Waals surface area contributed by atoms with Crippen LogP contribution in [0.1, 0.15) is 65.4 Å². The maximum Gasteiger partial charge on any atom is 0.129 e. The maximum absolute atomic E-state index is 9.81. The molecule has 0 unspecified atom stereocenters. The Hall–Kier alpha value is -2.17. The first-order chi connectivity index (χ1) is 14.8. The number of anilines is 1. The van der Waals surface area contributed by atoms with E-state index in [2.05, 4.69) is 55.4 Å². The summed E-state index contributed by atoms with van der Waals surface area (Å²) in [5, 5.41) is 2.68. The molecule has 0 aliphatic carbocycles. The minimum Gasteiger partial charge on any atom is -0.398 e. The lowest BCUT2D eigenvalue weighted by atomic mass is 10.1. The Morgan fingerprint density at radius 1 is 1.00 bits per heavy atom. The van der Waals surface area contributed by atoms with Crippen molar-refractivity contribution in [3.8, 4) is 11.3 Å². The molecule has 0 saturated carbocycles. The Morgan fingerprint density at radius 3 is 1.90 bits per heavy atom. The molecule has 0 saturated heterocycles. The van der Waals surface area contributed by atoms with E-state index in [4.69, 9.17) is 17.3 Å². The van der Waals surface area contributed by atoms with Crippen LogP contribution in [0, 0.1) is 6.92 Å². The third-order valence-corrected chi connectivity index (χ3v) is 5.07. The van der Waals surface area contributed by atoms with Crippen molar-refractivity contribution in [1.29, 1.82) is 0 Å². The van der Waals surface area contributed by atoms with Gasteiger partial charge in [-0.1, -0.05) is 100 Å². The zero-order valence-electron chi connectivity index (χ0n) is 19.5. The van der Waals surface area contributed by atoms with Gasteiger partial charge in [-0.2, -0.15) is 0 Å². The molecule has 0 amide bonds. The van der Waals surface area contributed by atoms with Crippen LogP contribution in [0.15, 0.2) is 59.4 Å². The second kappa shape index (κ2) is 18.6. The molecule has 0 aliphatic rings. The summed E-state index contributed by atoms with van der Waals surface area (Å²) in [7, 11) is 0. The van der Waals surface area contributed by atoms with Gasteiger partial charge in [-0.05, 0) is 26.0 Å². The fourth-order valence-electron chi connectivity index (χ4n) is 2.05. The van der Waals surface area contributed by atoms with E-state index in [1.807, 2.05) is 24.6 Å². The van der Waals surface area contributed by atoms with Gasteiger partial charge in [-0.15, -0.1) is 11.3 Å². The standard InChI is InChI=1S/C10H9NS.C6H6ClN.C6H14.C4H8O/c1-8-2-4-9(5-3-8)10-6-12-7-11-10;7-5-3-1-2-4-6(5)8;1-3-5-6-4-2;1-3-4(2)5/h2-7H,1H3;1-4H,8H2;3-6H2,1-2H3;3H2,1-2H3. The predicted molar refractivity (Wildman–Crippen MR) is 139 cm³/mol. The molecule has 0 radical (unpaired) electrons. The Labute approximate surface area is 197 Å². The van der Waals surface area contributed by atoms with Crippen molar-refractivity contribution >= 4 is 34.4 Å². The molecule has 5 heteroatoms. The molecule has 0 spiro atoms. The number of hydrogen-bond acceptors (Lipinski definition) is 4. The molecule has 31 heavy (non-hydrogen) atoms. The lowest BCUT2D eigenvalue weighted by Crippen LogP contribution is -1.82. The molecule has 3 aromatic rings. The van der Waals surface area contributed by atoms with E-state index in [0.717, 1.165) is 5.69 Å². The highest BCUT2D eigenvalue weighted by molar-refractivity contribution is 7.07. The minimum absolute atomic E-state index is 0.255. The fraction of sp³-hybridized carbons (Fsp3) is 0.385. The van der Waals surface area contributed by atoms with Crippen LogP contribution in [0.4, 0.5) is 5.69 Å². The van der Waals surface area contributed by atoms with Gasteiger partial charge >= 0.3 is 0 Å². The van der Waals surface area contributed by atoms with Gasteiger partial charge in [-0.3, -0.25) is 0 Å². The zero-order chi connectivity index (χ0) is 23.5. The average Bonchev–Trinajstić information content (AvgIpc) is 3.31. The summed E-state index contributed by atoms with van der Waals surface area (Å²) in [5.41, 5.74) is 11.4. The molecule has 170 valence electrons. The van der Waals surface area contributed by atoms with E-state index in [-0.39, 0.29) is 5.78 Å². The van der Waals surface area contributed by atoms with Gasteiger partial charge in [0.1, 0.15) is 5.78 Å². The van der Waals surface area contributed by atoms with Crippen LogP contribution in [0.3, 0.4) is 0 Å². The van der Waals surface area contributed by atoms with Gasteiger partial charge < -0.3 is 10.5 Å². The molecular weight excluding hydrogens is 424 g/mol. The number of benzene rings is 2. The zero-order valence-corrected chi connectivity index (χ0v) is 21.1. The monoisotopic (exact) mass is 460 g/mol. The van der Waals surface area contributed by atoms with Crippen LogP contribution in [0.25, 0.3) is 11.3 Å². The smallest absolute Gasteiger partial charge is 0.129 e. The Balaban J connectivity index is 0.000000416. The first-order valence-electron chi connectivity index (χ1n) is 10.8. The first-order valence-corrected chi connectivity index (χ1v) is 12.1. The summed E-state index contributed by atoms with van der Waals surface area (Å²) in [5.74, 6) is 0.255. The van der Waals surface area contributed by atoms with Gasteiger partial charge in [0.05, 0.1) is 21.9 Å². The molecule has 0 bridgehead atoms. The number of halogens is 1. The van der Waals surface area contributed by atoms with Crippen LogP contribution in [-0.2, 0) is 4.79 Å². The van der Waals surface area contributed by atoms with Crippen LogP contribution in [0.5, 0.6) is 0 Å². The largest absolute Gasteiger partial charge is 0.398 e. The normalized spacial score (nSPS) is 9.23. The third kappa shape index (κ3) is 15.3. The SMILES string of the molecule is CCC(C)=O.CCCCCC.Cc1ccc(-c2cscn2)cc1.Nc1ccccc1Cl. The number of rotatable bonds is 5. The number of thiazole rings is 1. The molecule has 2 N–H and O–H groups in total. The van der Waals surface area contributed by atoms with Crippen molar-refractivity contribution in [2.75, 3.05) is 5.73 Å². The topological polar surface area (TPSA) is 56.0 Å². The summed E-state index contributed by atoms with van der Waals surface area (Å²) in [6, 6.07) is 15.6. The number of aryl methyl sites for hydroxylation is 1. The highest BCUT2D eigenvalue weighted by Crippen LogP contribution is 2.18. The van der Waals surface area contributed by atoms with Crippen molar-refractivity contribution in [3.05, 3.63) is 70.0 Å². The first kappa shape index (κ1) is 28.8. The fourth-order valence-corrected chi connectivity index (χ4v) is 2.75. The molecule has 0 fully saturated rings. The van der Waals surface area contributed by atoms with E-state index in [1.165, 1.54) is 36.8 Å². The summed E-state index contributed by atoms with van der Waals surface area (Å²) in [6.45, 7) is 9.98. The lowest BCUT2D eigenvalue weighted by molar-refractivity contribution is -0.116. The molecule has 1 heterocycles. The predicted octanol–water partition coefficient (Wildman–Crippen LogP) is 8.61. The molecule has 3 rings (SSSR count). The van der Waals surface area contributed by atoms with E-state index < -0.39 is 0 Å². The number of unbranched alkanes of at least 4 members (excludes halogenated alkanes) is 3. The Kier molecular flexibility index (Phi) is 17.3. The second-order valence-corrected chi connectivity index (χ2v) is 8.15. The van der Waals surface area contributed by atoms with Crippen molar-refractivity contribution in [1.82, 2.24) is 4.98 Å². The Morgan fingerprint density at radius 2 is 1.55 bits per heavy atom. The van der Waals surface area contributed by atoms with Crippen molar-refractivity contribution < 1.29 is 4.79 Å². The van der Waals surface area contributed by atoms with Gasteiger partial charge in [0.15, 0.2) is 0 Å². The molecular formula is C26H37ClN2OS. The number of carbonyl (C=O) groups excluding carboxylic acids is 1. The molecule has 3 nitrogen and oxygen atoms in total. The van der Waals surface area contributed by atoms with Crippen molar-refractivity contribution in [3.63, 3.8) is 0 Å². The number of nitrogens with zero attached hydrogens (tertiary/aromatic N) is 1. The summed E-state index contributed by atoms with van der Waals surface area (Å²) in [6.07, 6.45) is 6.20. The quantitative estimate of drug-likeness (QED) is 0.306. The summed E-state index contributed by atoms with van der Waals surface area (Å²) in [4.78, 5) is 14.0. The van der Waals surface area contributed by atoms with E-state index in [0.29, 0.717) is 17.1 Å². The van der Waals surface area contributed by atoms with Crippen molar-refractivity contribution in [2.45, 2.75) is 66.7 Å². The second-order valence-electron chi connectivity index (χ2n) is 7.02. The maximum atomic E-state index is 9.81. The van der Waals surface area contributed by atoms with Crippen LogP contribution >= 0.6 is 22.9 Å². The molecule has 0 aliphatic heterocycles. The lowest BCUT2D eigenvalue weighted by Gasteiger charge is -1.95. The van der Waals surface area contributed by atoms with Gasteiger partial charge in [0, 0.05) is 17.4 Å². The number of ketones is 1. The van der Waals surface area contributed by atoms with E-state index >= 15 is 0 Å². The van der Waals surface area contributed by atoms with E-state index in [9.17, 15) is 4.79 Å². The van der Waals surface area contributed by atoms with Crippen LogP contribution in [0.2, 0.25) is 5.02 Å². The number of nitrogen functional groups attached to an aromatic ring is 1. The van der Waals surface area contributed by atoms with E-state index in [1.54, 1.807) is 30.4 Å². The number of hydrogen-bond donors (Lipinski definition) is 1. The number of para-hydroxylation sites is 1. The van der Waals surface area contributed by atoms with Crippen LogP contribution in [-0.4, -0.2) is 10.8 Å². The summed E-state index contributed by atoms with van der Waals surface area (Å²) < 4.78 is 0. The minimum atomic E-state index is 0.255.